The van der Waals surface area contributed by atoms with Crippen LogP contribution in [0, 0.1) is 13.8 Å². The van der Waals surface area contributed by atoms with E-state index in [9.17, 15) is 9.59 Å². The van der Waals surface area contributed by atoms with Crippen molar-refractivity contribution >= 4 is 23.1 Å². The highest BCUT2D eigenvalue weighted by Crippen LogP contribution is 2.15. The van der Waals surface area contributed by atoms with Gasteiger partial charge in [-0.1, -0.05) is 0 Å². The normalized spacial score (nSPS) is 10.2. The SMILES string of the molecule is Cc1cc(NC(=O)c2cscc2C)nc(=O)[nH]1. The number of thiophene rings is 1. The zero-order valence-corrected chi connectivity index (χ0v) is 10.2. The molecule has 5 nitrogen and oxygen atoms in total. The van der Waals surface area contributed by atoms with E-state index in [1.807, 2.05) is 12.3 Å². The third kappa shape index (κ3) is 2.59. The van der Waals surface area contributed by atoms with Gasteiger partial charge in [0.2, 0.25) is 0 Å². The van der Waals surface area contributed by atoms with E-state index in [-0.39, 0.29) is 11.7 Å². The van der Waals surface area contributed by atoms with Crippen molar-refractivity contribution in [3.8, 4) is 0 Å². The van der Waals surface area contributed by atoms with Crippen molar-refractivity contribution in [3.05, 3.63) is 44.1 Å². The van der Waals surface area contributed by atoms with Crippen LogP contribution in [0.2, 0.25) is 0 Å². The van der Waals surface area contributed by atoms with E-state index in [0.717, 1.165) is 5.56 Å². The maximum atomic E-state index is 11.9. The largest absolute Gasteiger partial charge is 0.347 e. The highest BCUT2D eigenvalue weighted by Gasteiger charge is 2.10. The van der Waals surface area contributed by atoms with Gasteiger partial charge in [0.1, 0.15) is 5.82 Å². The molecule has 0 saturated heterocycles. The number of H-pyrrole nitrogens is 1. The Balaban J connectivity index is 2.24. The molecule has 0 aromatic carbocycles. The number of aromatic amines is 1. The van der Waals surface area contributed by atoms with Gasteiger partial charge in [0.25, 0.3) is 5.91 Å². The molecule has 2 heterocycles. The van der Waals surface area contributed by atoms with Crippen molar-refractivity contribution in [1.29, 1.82) is 0 Å². The number of aryl methyl sites for hydroxylation is 2. The van der Waals surface area contributed by atoms with Crippen molar-refractivity contribution in [2.24, 2.45) is 0 Å². The molecule has 17 heavy (non-hydrogen) atoms. The van der Waals surface area contributed by atoms with Crippen LogP contribution in [0.4, 0.5) is 5.82 Å². The Morgan fingerprint density at radius 3 is 2.76 bits per heavy atom. The van der Waals surface area contributed by atoms with Crippen LogP contribution in [0.3, 0.4) is 0 Å². The summed E-state index contributed by atoms with van der Waals surface area (Å²) in [5.74, 6) is 0.0168. The summed E-state index contributed by atoms with van der Waals surface area (Å²) in [6, 6.07) is 1.61. The molecular weight excluding hydrogens is 238 g/mol. The summed E-state index contributed by atoms with van der Waals surface area (Å²) < 4.78 is 0. The molecular formula is C11H11N3O2S. The van der Waals surface area contributed by atoms with Gasteiger partial charge in [0.05, 0.1) is 5.56 Å². The lowest BCUT2D eigenvalue weighted by atomic mass is 10.2. The lowest BCUT2D eigenvalue weighted by Gasteiger charge is -2.03. The Morgan fingerprint density at radius 2 is 2.18 bits per heavy atom. The molecule has 0 aliphatic rings. The van der Waals surface area contributed by atoms with Crippen LogP contribution in [0.25, 0.3) is 0 Å². The maximum absolute atomic E-state index is 11.9. The maximum Gasteiger partial charge on any atom is 0.347 e. The molecule has 0 aliphatic heterocycles. The van der Waals surface area contributed by atoms with Crippen molar-refractivity contribution < 1.29 is 4.79 Å². The average Bonchev–Trinajstić information content (AvgIpc) is 2.62. The number of nitrogens with zero attached hydrogens (tertiary/aromatic N) is 1. The van der Waals surface area contributed by atoms with Crippen LogP contribution >= 0.6 is 11.3 Å². The van der Waals surface area contributed by atoms with Gasteiger partial charge < -0.3 is 10.3 Å². The second kappa shape index (κ2) is 4.50. The van der Waals surface area contributed by atoms with Crippen molar-refractivity contribution in [2.75, 3.05) is 5.32 Å². The number of amides is 1. The number of anilines is 1. The van der Waals surface area contributed by atoms with Gasteiger partial charge in [0, 0.05) is 17.1 Å². The minimum absolute atomic E-state index is 0.249. The topological polar surface area (TPSA) is 74.8 Å². The van der Waals surface area contributed by atoms with E-state index in [1.165, 1.54) is 11.3 Å². The molecule has 2 aromatic rings. The van der Waals surface area contributed by atoms with Gasteiger partial charge in [-0.2, -0.15) is 16.3 Å². The summed E-state index contributed by atoms with van der Waals surface area (Å²) in [5, 5.41) is 6.27. The fourth-order valence-corrected chi connectivity index (χ4v) is 2.25. The van der Waals surface area contributed by atoms with Crippen LogP contribution in [0.15, 0.2) is 21.6 Å². The Bertz CT molecular complexity index is 615. The van der Waals surface area contributed by atoms with Gasteiger partial charge in [-0.3, -0.25) is 4.79 Å². The van der Waals surface area contributed by atoms with E-state index < -0.39 is 5.69 Å². The Morgan fingerprint density at radius 1 is 1.41 bits per heavy atom. The lowest BCUT2D eigenvalue weighted by Crippen LogP contribution is -2.18. The first-order chi connectivity index (χ1) is 8.06. The molecule has 6 heteroatoms. The fourth-order valence-electron chi connectivity index (χ4n) is 1.42. The molecule has 0 radical (unpaired) electrons. The molecule has 0 saturated carbocycles. The number of nitrogens with one attached hydrogen (secondary N) is 2. The Kier molecular flexibility index (Phi) is 3.06. The fraction of sp³-hybridized carbons (Fsp3) is 0.182. The van der Waals surface area contributed by atoms with E-state index in [1.54, 1.807) is 18.4 Å². The average molecular weight is 249 g/mol. The predicted molar refractivity (Wildman–Crippen MR) is 66.6 cm³/mol. The number of hydrogen-bond donors (Lipinski definition) is 2. The van der Waals surface area contributed by atoms with E-state index in [2.05, 4.69) is 15.3 Å². The van der Waals surface area contributed by atoms with Gasteiger partial charge in [-0.25, -0.2) is 4.79 Å². The standard InChI is InChI=1S/C11H11N3O2S/c1-6-4-17-5-8(6)10(15)13-9-3-7(2)12-11(16)14-9/h3-5H,1-2H3,(H2,12,13,14,15,16). The zero-order chi connectivity index (χ0) is 12.4. The summed E-state index contributed by atoms with van der Waals surface area (Å²) in [7, 11) is 0. The number of hydrogen-bond acceptors (Lipinski definition) is 4. The third-order valence-electron chi connectivity index (χ3n) is 2.22. The van der Waals surface area contributed by atoms with Gasteiger partial charge in [-0.05, 0) is 24.8 Å². The van der Waals surface area contributed by atoms with Crippen LogP contribution in [-0.4, -0.2) is 15.9 Å². The van der Waals surface area contributed by atoms with E-state index in [4.69, 9.17) is 0 Å². The molecule has 0 fully saturated rings. The van der Waals surface area contributed by atoms with Crippen molar-refractivity contribution in [2.45, 2.75) is 13.8 Å². The molecule has 0 spiro atoms. The summed E-state index contributed by atoms with van der Waals surface area (Å²) in [6.07, 6.45) is 0. The van der Waals surface area contributed by atoms with E-state index in [0.29, 0.717) is 11.3 Å². The van der Waals surface area contributed by atoms with Gasteiger partial charge in [-0.15, -0.1) is 0 Å². The van der Waals surface area contributed by atoms with Crippen molar-refractivity contribution in [1.82, 2.24) is 9.97 Å². The Labute approximate surface area is 102 Å². The highest BCUT2D eigenvalue weighted by atomic mass is 32.1. The lowest BCUT2D eigenvalue weighted by molar-refractivity contribution is 0.102. The third-order valence-corrected chi connectivity index (χ3v) is 3.08. The summed E-state index contributed by atoms with van der Waals surface area (Å²) in [5.41, 5.74) is 1.70. The molecule has 0 atom stereocenters. The first-order valence-electron chi connectivity index (χ1n) is 4.98. The number of carbonyl (C=O) groups is 1. The van der Waals surface area contributed by atoms with Gasteiger partial charge >= 0.3 is 5.69 Å². The number of aromatic nitrogens is 2. The second-order valence-electron chi connectivity index (χ2n) is 3.68. The molecule has 0 bridgehead atoms. The smallest absolute Gasteiger partial charge is 0.310 e. The summed E-state index contributed by atoms with van der Waals surface area (Å²) in [4.78, 5) is 29.2. The molecule has 2 aromatic heterocycles. The predicted octanol–water partition coefficient (Wildman–Crippen LogP) is 1.70. The minimum Gasteiger partial charge on any atom is -0.310 e. The second-order valence-corrected chi connectivity index (χ2v) is 4.42. The molecule has 0 unspecified atom stereocenters. The molecule has 0 aliphatic carbocycles. The Hall–Kier alpha value is -1.95. The number of carbonyl (C=O) groups excluding carboxylic acids is 1. The first-order valence-corrected chi connectivity index (χ1v) is 5.92. The molecule has 1 amide bonds. The quantitative estimate of drug-likeness (QED) is 0.850. The molecule has 2 rings (SSSR count). The first kappa shape index (κ1) is 11.5. The summed E-state index contributed by atoms with van der Waals surface area (Å²) in [6.45, 7) is 3.59. The molecule has 2 N–H and O–H groups in total. The van der Waals surface area contributed by atoms with Crippen molar-refractivity contribution in [3.63, 3.8) is 0 Å². The summed E-state index contributed by atoms with van der Waals surface area (Å²) >= 11 is 1.46. The monoisotopic (exact) mass is 249 g/mol. The van der Waals surface area contributed by atoms with Crippen LogP contribution in [-0.2, 0) is 0 Å². The van der Waals surface area contributed by atoms with E-state index >= 15 is 0 Å². The van der Waals surface area contributed by atoms with Crippen LogP contribution in [0.5, 0.6) is 0 Å². The highest BCUT2D eigenvalue weighted by molar-refractivity contribution is 7.08. The molecule has 88 valence electrons. The van der Waals surface area contributed by atoms with Crippen LogP contribution in [0.1, 0.15) is 21.6 Å². The zero-order valence-electron chi connectivity index (χ0n) is 9.40. The van der Waals surface area contributed by atoms with Crippen LogP contribution < -0.4 is 11.0 Å². The number of rotatable bonds is 2. The minimum atomic E-state index is -0.470. The van der Waals surface area contributed by atoms with Gasteiger partial charge in [0.15, 0.2) is 0 Å².